The van der Waals surface area contributed by atoms with Crippen molar-refractivity contribution in [2.45, 2.75) is 119 Å². The van der Waals surface area contributed by atoms with Crippen molar-refractivity contribution >= 4 is 0 Å². The third kappa shape index (κ3) is 3.06. The molecule has 0 aromatic heterocycles. The van der Waals surface area contributed by atoms with E-state index in [-0.39, 0.29) is 0 Å². The monoisotopic (exact) mass is 384 g/mol. The molecule has 160 valence electrons. The van der Waals surface area contributed by atoms with Crippen molar-refractivity contribution in [1.29, 1.82) is 0 Å². The highest BCUT2D eigenvalue weighted by atomic mass is 14.7. The van der Waals surface area contributed by atoms with Gasteiger partial charge in [0.15, 0.2) is 0 Å². The lowest BCUT2D eigenvalue weighted by atomic mass is 9.43. The van der Waals surface area contributed by atoms with Gasteiger partial charge < -0.3 is 0 Å². The Morgan fingerprint density at radius 3 is 2.46 bits per heavy atom. The number of hydrogen-bond donors (Lipinski definition) is 0. The molecule has 0 nitrogen and oxygen atoms in total. The van der Waals surface area contributed by atoms with Crippen LogP contribution in [0.25, 0.3) is 0 Å². The van der Waals surface area contributed by atoms with Crippen LogP contribution < -0.4 is 0 Å². The van der Waals surface area contributed by atoms with Crippen LogP contribution in [0, 0.1) is 45.8 Å². The van der Waals surface area contributed by atoms with E-state index in [2.05, 4.69) is 47.6 Å². The van der Waals surface area contributed by atoms with Gasteiger partial charge in [0, 0.05) is 0 Å². The summed E-state index contributed by atoms with van der Waals surface area (Å²) in [7, 11) is 0. The molecule has 0 saturated heterocycles. The molecule has 0 heteroatoms. The molecule has 7 atom stereocenters. The average molecular weight is 385 g/mol. The summed E-state index contributed by atoms with van der Waals surface area (Å²) in [4.78, 5) is 0. The van der Waals surface area contributed by atoms with Crippen molar-refractivity contribution < 1.29 is 0 Å². The normalized spacial score (nSPS) is 46.5. The minimum absolute atomic E-state index is 0.484. The Kier molecular flexibility index (Phi) is 5.59. The van der Waals surface area contributed by atoms with Gasteiger partial charge in [0.05, 0.1) is 0 Å². The molecule has 0 bridgehead atoms. The van der Waals surface area contributed by atoms with Gasteiger partial charge >= 0.3 is 0 Å². The molecule has 3 fully saturated rings. The lowest BCUT2D eigenvalue weighted by Crippen LogP contribution is -2.52. The van der Waals surface area contributed by atoms with Crippen LogP contribution in [0.5, 0.6) is 0 Å². The summed E-state index contributed by atoms with van der Waals surface area (Å²) in [6.07, 6.45) is 20.4. The molecule has 3 saturated carbocycles. The Morgan fingerprint density at radius 2 is 1.71 bits per heavy atom. The molecule has 0 heterocycles. The summed E-state index contributed by atoms with van der Waals surface area (Å²) in [5, 5.41) is 0. The van der Waals surface area contributed by atoms with Gasteiger partial charge in [-0.05, 0) is 90.8 Å². The molecule has 0 radical (unpaired) electrons. The molecule has 4 aliphatic rings. The first kappa shape index (κ1) is 21.0. The van der Waals surface area contributed by atoms with Crippen LogP contribution in [-0.4, -0.2) is 0 Å². The van der Waals surface area contributed by atoms with Crippen molar-refractivity contribution in [3.8, 4) is 0 Å². The average Bonchev–Trinajstić information content (AvgIpc) is 2.92. The number of rotatable bonds is 5. The predicted octanol–water partition coefficient (Wildman–Crippen LogP) is 8.81. The highest BCUT2D eigenvalue weighted by molar-refractivity contribution is 5.32. The van der Waals surface area contributed by atoms with Gasteiger partial charge in [-0.1, -0.05) is 85.3 Å². The molecule has 0 unspecified atom stereocenters. The second-order valence-electron chi connectivity index (χ2n) is 12.6. The fourth-order valence-electron chi connectivity index (χ4n) is 8.94. The first-order valence-electron chi connectivity index (χ1n) is 12.9. The zero-order chi connectivity index (χ0) is 20.2. The summed E-state index contributed by atoms with van der Waals surface area (Å²) >= 11 is 0. The zero-order valence-electron chi connectivity index (χ0n) is 19.9. The van der Waals surface area contributed by atoms with Crippen LogP contribution >= 0.6 is 0 Å². The molecule has 0 aliphatic heterocycles. The largest absolute Gasteiger partial charge is 0.0842 e. The van der Waals surface area contributed by atoms with Crippen molar-refractivity contribution in [1.82, 2.24) is 0 Å². The van der Waals surface area contributed by atoms with Crippen LogP contribution in [0.4, 0.5) is 0 Å². The van der Waals surface area contributed by atoms with Gasteiger partial charge in [0.25, 0.3) is 0 Å². The molecule has 0 amide bonds. The molecule has 0 N–H and O–H groups in total. The third-order valence-corrected chi connectivity index (χ3v) is 11.0. The minimum Gasteiger partial charge on any atom is -0.0842 e. The van der Waals surface area contributed by atoms with Crippen LogP contribution in [0.2, 0.25) is 0 Å². The number of fused-ring (bicyclic) bond motifs is 5. The maximum Gasteiger partial charge on any atom is -0.00568 e. The summed E-state index contributed by atoms with van der Waals surface area (Å²) in [5.41, 5.74) is 3.59. The van der Waals surface area contributed by atoms with Gasteiger partial charge in [0.1, 0.15) is 0 Å². The van der Waals surface area contributed by atoms with E-state index in [0.717, 1.165) is 29.6 Å². The van der Waals surface area contributed by atoms with Crippen molar-refractivity contribution in [3.63, 3.8) is 0 Å². The van der Waals surface area contributed by atoms with Crippen molar-refractivity contribution in [3.05, 3.63) is 11.6 Å². The molecular weight excluding hydrogens is 336 g/mol. The Hall–Kier alpha value is -0.260. The van der Waals surface area contributed by atoms with E-state index in [4.69, 9.17) is 0 Å². The van der Waals surface area contributed by atoms with Gasteiger partial charge in [-0.2, -0.15) is 0 Å². The van der Waals surface area contributed by atoms with E-state index in [9.17, 15) is 0 Å². The number of allylic oxidation sites excluding steroid dienone is 2. The Labute approximate surface area is 176 Å². The topological polar surface area (TPSA) is 0 Å². The van der Waals surface area contributed by atoms with Gasteiger partial charge in [-0.15, -0.1) is 0 Å². The van der Waals surface area contributed by atoms with E-state index in [1.807, 2.05) is 5.57 Å². The fourth-order valence-corrected chi connectivity index (χ4v) is 8.94. The highest BCUT2D eigenvalue weighted by Gasteiger charge is 2.63. The molecule has 0 spiro atoms. The second-order valence-corrected chi connectivity index (χ2v) is 12.6. The fraction of sp³-hybridized carbons (Fsp3) is 0.929. The predicted molar refractivity (Wildman–Crippen MR) is 122 cm³/mol. The van der Waals surface area contributed by atoms with Crippen molar-refractivity contribution in [2.24, 2.45) is 45.8 Å². The van der Waals surface area contributed by atoms with E-state index >= 15 is 0 Å². The maximum absolute atomic E-state index is 2.80. The minimum atomic E-state index is 0.484. The third-order valence-electron chi connectivity index (χ3n) is 11.0. The van der Waals surface area contributed by atoms with Gasteiger partial charge in [-0.25, -0.2) is 0 Å². The molecule has 4 aliphatic carbocycles. The molecule has 4 rings (SSSR count). The molecule has 28 heavy (non-hydrogen) atoms. The van der Waals surface area contributed by atoms with E-state index in [1.54, 1.807) is 0 Å². The quantitative estimate of drug-likeness (QED) is 0.415. The van der Waals surface area contributed by atoms with Crippen LogP contribution in [-0.2, 0) is 0 Å². The summed E-state index contributed by atoms with van der Waals surface area (Å²) in [5.74, 6) is 4.60. The first-order chi connectivity index (χ1) is 13.2. The SMILES string of the molecule is CC(C)CCC[C@@H](C)[C@H]1CC[C@@]2(C)C3=CC[C@H]4CCCC[C@]4(C)[C@H]3CC[C@]12C. The standard InChI is InChI=1S/C28H48/c1-20(2)10-9-11-21(3)23-15-18-28(6)25-14-13-22-12-7-8-17-26(22,4)24(25)16-19-27(23,28)5/h14,20-24H,7-13,15-19H2,1-6H3/t21-,22-,23-,24+,26+,27-,28+/m1/s1. The van der Waals surface area contributed by atoms with Crippen molar-refractivity contribution in [2.75, 3.05) is 0 Å². The molecule has 0 aromatic rings. The van der Waals surface area contributed by atoms with Crippen LogP contribution in [0.3, 0.4) is 0 Å². The lowest BCUT2D eigenvalue weighted by Gasteiger charge is -2.61. The second kappa shape index (κ2) is 7.46. The first-order valence-corrected chi connectivity index (χ1v) is 12.9. The van der Waals surface area contributed by atoms with E-state index < -0.39 is 0 Å². The smallest absolute Gasteiger partial charge is 0.00568 e. The Morgan fingerprint density at radius 1 is 0.929 bits per heavy atom. The van der Waals surface area contributed by atoms with Gasteiger partial charge in [0.2, 0.25) is 0 Å². The Bertz CT molecular complexity index is 599. The Balaban J connectivity index is 1.56. The summed E-state index contributed by atoms with van der Waals surface area (Å²) < 4.78 is 0. The molecule has 0 aromatic carbocycles. The molecular formula is C28H48. The highest BCUT2D eigenvalue weighted by Crippen LogP contribution is 2.72. The van der Waals surface area contributed by atoms with E-state index in [1.165, 1.54) is 77.0 Å². The van der Waals surface area contributed by atoms with Gasteiger partial charge in [-0.3, -0.25) is 0 Å². The summed E-state index contributed by atoms with van der Waals surface area (Å²) in [6.45, 7) is 15.5. The van der Waals surface area contributed by atoms with Crippen LogP contribution in [0.1, 0.15) is 119 Å². The van der Waals surface area contributed by atoms with E-state index in [0.29, 0.717) is 16.2 Å². The maximum atomic E-state index is 2.80. The number of hydrogen-bond acceptors (Lipinski definition) is 0. The van der Waals surface area contributed by atoms with Crippen LogP contribution in [0.15, 0.2) is 11.6 Å². The summed E-state index contributed by atoms with van der Waals surface area (Å²) in [6, 6.07) is 0. The zero-order valence-corrected chi connectivity index (χ0v) is 19.9. The lowest BCUT2D eigenvalue weighted by molar-refractivity contribution is -0.0413.